The summed E-state index contributed by atoms with van der Waals surface area (Å²) in [5, 5.41) is 4.69. The van der Waals surface area contributed by atoms with Crippen molar-refractivity contribution in [3.8, 4) is 10.6 Å². The highest BCUT2D eigenvalue weighted by atomic mass is 32.2. The van der Waals surface area contributed by atoms with Crippen LogP contribution in [0.15, 0.2) is 53.4 Å². The molecule has 6 nitrogen and oxygen atoms in total. The lowest BCUT2D eigenvalue weighted by molar-refractivity contribution is 0.102. The van der Waals surface area contributed by atoms with Crippen LogP contribution in [-0.2, 0) is 10.0 Å². The number of sulfonamides is 1. The average molecular weight is 540 g/mol. The molecule has 0 aliphatic carbocycles. The van der Waals surface area contributed by atoms with Crippen molar-refractivity contribution in [3.63, 3.8) is 0 Å². The summed E-state index contributed by atoms with van der Waals surface area (Å²) in [5.74, 6) is -0.271. The van der Waals surface area contributed by atoms with Gasteiger partial charge in [0.25, 0.3) is 5.91 Å². The van der Waals surface area contributed by atoms with E-state index >= 15 is 0 Å². The molecule has 36 heavy (non-hydrogen) atoms. The van der Waals surface area contributed by atoms with Gasteiger partial charge in [0.2, 0.25) is 10.0 Å². The van der Waals surface area contributed by atoms with E-state index in [4.69, 9.17) is 4.98 Å². The second kappa shape index (κ2) is 10.0. The van der Waals surface area contributed by atoms with Crippen molar-refractivity contribution in [2.24, 2.45) is 0 Å². The van der Waals surface area contributed by atoms with E-state index in [0.717, 1.165) is 61.9 Å². The third kappa shape index (κ3) is 4.61. The lowest BCUT2D eigenvalue weighted by Crippen LogP contribution is -2.43. The molecule has 0 bridgehead atoms. The molecule has 0 radical (unpaired) electrons. The highest BCUT2D eigenvalue weighted by Crippen LogP contribution is 2.43. The van der Waals surface area contributed by atoms with Crippen LogP contribution in [0.25, 0.3) is 20.8 Å². The Balaban J connectivity index is 1.40. The Labute approximate surface area is 220 Å². The van der Waals surface area contributed by atoms with Gasteiger partial charge >= 0.3 is 0 Å². The maximum absolute atomic E-state index is 13.3. The number of nitrogens with zero attached hydrogens (tertiary/aromatic N) is 2. The zero-order valence-corrected chi connectivity index (χ0v) is 23.0. The first-order valence-corrected chi connectivity index (χ1v) is 15.3. The number of fused-ring (bicyclic) bond motifs is 1. The van der Waals surface area contributed by atoms with E-state index in [-0.39, 0.29) is 16.8 Å². The summed E-state index contributed by atoms with van der Waals surface area (Å²) < 4.78 is 29.3. The van der Waals surface area contributed by atoms with Gasteiger partial charge in [0.15, 0.2) is 0 Å². The molecule has 1 aliphatic heterocycles. The van der Waals surface area contributed by atoms with Gasteiger partial charge in [-0.05, 0) is 75.1 Å². The third-order valence-corrected chi connectivity index (χ3v) is 11.0. The zero-order valence-electron chi connectivity index (χ0n) is 20.6. The van der Waals surface area contributed by atoms with Crippen LogP contribution in [-0.4, -0.2) is 36.2 Å². The maximum Gasteiger partial charge on any atom is 0.256 e. The Bertz CT molecular complexity index is 1490. The molecule has 0 saturated carbocycles. The SMILES string of the molecule is CCC1CCCCN1S(=O)(=O)c1ccc(C(=O)Nc2sc(C)c(C)c2-c2nc3ccccc3s2)cc1. The molecule has 4 aromatic rings. The Morgan fingerprint density at radius 1 is 1.08 bits per heavy atom. The van der Waals surface area contributed by atoms with Crippen molar-refractivity contribution < 1.29 is 13.2 Å². The number of carbonyl (C=O) groups is 1. The second-order valence-electron chi connectivity index (χ2n) is 9.13. The van der Waals surface area contributed by atoms with Crippen LogP contribution >= 0.6 is 22.7 Å². The molecule has 1 N–H and O–H groups in total. The highest BCUT2D eigenvalue weighted by molar-refractivity contribution is 7.89. The number of nitrogens with one attached hydrogen (secondary N) is 1. The first-order chi connectivity index (χ1) is 17.3. The average Bonchev–Trinajstić information content (AvgIpc) is 3.43. The van der Waals surface area contributed by atoms with E-state index in [9.17, 15) is 13.2 Å². The van der Waals surface area contributed by atoms with Gasteiger partial charge in [-0.3, -0.25) is 4.79 Å². The largest absolute Gasteiger partial charge is 0.313 e. The standard InChI is InChI=1S/C27H29N3O3S3/c1-4-20-9-7-8-16-30(20)36(32,33)21-14-12-19(13-15-21)25(31)29-27-24(17(2)18(3)34-27)26-28-22-10-5-6-11-23(22)35-26/h5-6,10-15,20H,4,7-9,16H2,1-3H3,(H,29,31). The summed E-state index contributed by atoms with van der Waals surface area (Å²) in [6.07, 6.45) is 3.64. The van der Waals surface area contributed by atoms with Crippen molar-refractivity contribution in [2.75, 3.05) is 11.9 Å². The van der Waals surface area contributed by atoms with Gasteiger partial charge in [0.1, 0.15) is 10.0 Å². The molecule has 2 aromatic carbocycles. The Morgan fingerprint density at radius 2 is 1.83 bits per heavy atom. The number of hydrogen-bond donors (Lipinski definition) is 1. The molecule has 3 heterocycles. The summed E-state index contributed by atoms with van der Waals surface area (Å²) >= 11 is 3.14. The number of anilines is 1. The minimum absolute atomic E-state index is 0.0398. The molecule has 1 fully saturated rings. The van der Waals surface area contributed by atoms with Crippen LogP contribution in [0.3, 0.4) is 0 Å². The number of benzene rings is 2. The molecule has 1 atom stereocenters. The number of carbonyl (C=O) groups excluding carboxylic acids is 1. The molecule has 2 aromatic heterocycles. The number of aryl methyl sites for hydroxylation is 1. The fourth-order valence-electron chi connectivity index (χ4n) is 4.74. The lowest BCUT2D eigenvalue weighted by atomic mass is 10.0. The predicted molar refractivity (Wildman–Crippen MR) is 149 cm³/mol. The number of aromatic nitrogens is 1. The Morgan fingerprint density at radius 3 is 2.56 bits per heavy atom. The van der Waals surface area contributed by atoms with Crippen molar-refractivity contribution in [3.05, 3.63) is 64.5 Å². The normalized spacial score (nSPS) is 16.9. The molecule has 188 valence electrons. The number of thiophene rings is 1. The monoisotopic (exact) mass is 539 g/mol. The van der Waals surface area contributed by atoms with Gasteiger partial charge in [0.05, 0.1) is 15.1 Å². The van der Waals surface area contributed by atoms with Crippen LogP contribution in [0, 0.1) is 13.8 Å². The maximum atomic E-state index is 13.3. The van der Waals surface area contributed by atoms with Crippen LogP contribution in [0.5, 0.6) is 0 Å². The molecular weight excluding hydrogens is 511 g/mol. The summed E-state index contributed by atoms with van der Waals surface area (Å²) in [6.45, 7) is 6.67. The lowest BCUT2D eigenvalue weighted by Gasteiger charge is -2.34. The van der Waals surface area contributed by atoms with Gasteiger partial charge in [-0.2, -0.15) is 4.31 Å². The van der Waals surface area contributed by atoms with Crippen molar-refractivity contribution in [1.29, 1.82) is 0 Å². The molecule has 0 spiro atoms. The molecule has 1 amide bonds. The molecule has 1 unspecified atom stereocenters. The van der Waals surface area contributed by atoms with Crippen LogP contribution in [0.2, 0.25) is 0 Å². The number of amides is 1. The summed E-state index contributed by atoms with van der Waals surface area (Å²) in [7, 11) is -3.59. The van der Waals surface area contributed by atoms with Crippen LogP contribution in [0.1, 0.15) is 53.4 Å². The molecule has 5 rings (SSSR count). The van der Waals surface area contributed by atoms with Gasteiger partial charge < -0.3 is 5.32 Å². The number of piperidine rings is 1. The summed E-state index contributed by atoms with van der Waals surface area (Å²) in [4.78, 5) is 19.3. The minimum atomic E-state index is -3.59. The molecule has 1 saturated heterocycles. The quantitative estimate of drug-likeness (QED) is 0.291. The third-order valence-electron chi connectivity index (χ3n) is 6.89. The predicted octanol–water partition coefficient (Wildman–Crippen LogP) is 6.85. The van der Waals surface area contributed by atoms with Crippen molar-refractivity contribution in [1.82, 2.24) is 9.29 Å². The fourth-order valence-corrected chi connectivity index (χ4v) is 8.70. The number of para-hydroxylation sites is 1. The second-order valence-corrected chi connectivity index (χ2v) is 13.3. The van der Waals surface area contributed by atoms with Gasteiger partial charge in [-0.1, -0.05) is 25.5 Å². The van der Waals surface area contributed by atoms with E-state index < -0.39 is 10.0 Å². The number of rotatable bonds is 6. The minimum Gasteiger partial charge on any atom is -0.313 e. The van der Waals surface area contributed by atoms with Crippen LogP contribution < -0.4 is 5.32 Å². The van der Waals surface area contributed by atoms with Gasteiger partial charge in [-0.15, -0.1) is 22.7 Å². The van der Waals surface area contributed by atoms with E-state index in [0.29, 0.717) is 12.1 Å². The first kappa shape index (κ1) is 25.1. The first-order valence-electron chi connectivity index (χ1n) is 12.2. The number of hydrogen-bond acceptors (Lipinski definition) is 6. The zero-order chi connectivity index (χ0) is 25.4. The van der Waals surface area contributed by atoms with Crippen LogP contribution in [0.4, 0.5) is 5.00 Å². The topological polar surface area (TPSA) is 79.4 Å². The van der Waals surface area contributed by atoms with Gasteiger partial charge in [-0.25, -0.2) is 13.4 Å². The van der Waals surface area contributed by atoms with E-state index in [2.05, 4.69) is 5.32 Å². The molecule has 1 aliphatic rings. The van der Waals surface area contributed by atoms with Crippen molar-refractivity contribution in [2.45, 2.75) is 57.4 Å². The van der Waals surface area contributed by atoms with E-state index in [1.807, 2.05) is 45.0 Å². The molecular formula is C27H29N3O3S3. The highest BCUT2D eigenvalue weighted by Gasteiger charge is 2.32. The van der Waals surface area contributed by atoms with E-state index in [1.165, 1.54) is 11.3 Å². The Kier molecular flexibility index (Phi) is 7.00. The van der Waals surface area contributed by atoms with E-state index in [1.54, 1.807) is 39.9 Å². The number of thiazole rings is 1. The molecule has 9 heteroatoms. The van der Waals surface area contributed by atoms with Crippen molar-refractivity contribution >= 4 is 53.8 Å². The van der Waals surface area contributed by atoms with Gasteiger partial charge in [0, 0.05) is 28.6 Å². The fraction of sp³-hybridized carbons (Fsp3) is 0.333. The smallest absolute Gasteiger partial charge is 0.256 e. The summed E-state index contributed by atoms with van der Waals surface area (Å²) in [5.41, 5.74) is 3.40. The summed E-state index contributed by atoms with van der Waals surface area (Å²) in [6, 6.07) is 14.3. The Hall–Kier alpha value is -2.59.